The second kappa shape index (κ2) is 8.50. The summed E-state index contributed by atoms with van der Waals surface area (Å²) in [5, 5.41) is 2.27. The van der Waals surface area contributed by atoms with E-state index in [-0.39, 0.29) is 18.6 Å². The van der Waals surface area contributed by atoms with Gasteiger partial charge in [0.15, 0.2) is 0 Å². The molecular weight excluding hydrogens is 341 g/mol. The topological polar surface area (TPSA) is 98.5 Å². The SMILES string of the molecule is CCOC(=O)C[C@H](C)[C@@H](NC(=O)c1cccc(C(F)(F)F)c1)C(N)=O. The fraction of sp³-hybridized carbons (Fsp3) is 0.438. The quantitative estimate of drug-likeness (QED) is 0.725. The number of amides is 2. The minimum Gasteiger partial charge on any atom is -0.466 e. The number of hydrogen-bond acceptors (Lipinski definition) is 4. The molecule has 0 saturated heterocycles. The summed E-state index contributed by atoms with van der Waals surface area (Å²) in [6, 6.07) is 2.53. The number of alkyl halides is 3. The predicted molar refractivity (Wildman–Crippen MR) is 82.3 cm³/mol. The van der Waals surface area contributed by atoms with Gasteiger partial charge in [0.2, 0.25) is 5.91 Å². The molecule has 1 aromatic rings. The standard InChI is InChI=1S/C16H19F3N2O4/c1-3-25-12(22)7-9(2)13(14(20)23)21-15(24)10-5-4-6-11(8-10)16(17,18)19/h4-6,8-9,13H,3,7H2,1-2H3,(H2,20,23)(H,21,24)/t9-,13+/m0/s1. The second-order valence-electron chi connectivity index (χ2n) is 5.42. The van der Waals surface area contributed by atoms with Gasteiger partial charge in [-0.15, -0.1) is 0 Å². The van der Waals surface area contributed by atoms with Crippen molar-refractivity contribution in [2.24, 2.45) is 11.7 Å². The summed E-state index contributed by atoms with van der Waals surface area (Å²) in [6.07, 6.45) is -4.78. The number of primary amides is 1. The first kappa shape index (κ1) is 20.5. The monoisotopic (exact) mass is 360 g/mol. The number of rotatable bonds is 7. The number of carbonyl (C=O) groups is 3. The highest BCUT2D eigenvalue weighted by Gasteiger charge is 2.32. The van der Waals surface area contributed by atoms with E-state index < -0.39 is 41.5 Å². The van der Waals surface area contributed by atoms with Crippen molar-refractivity contribution in [1.82, 2.24) is 5.32 Å². The van der Waals surface area contributed by atoms with E-state index in [0.29, 0.717) is 6.07 Å². The highest BCUT2D eigenvalue weighted by Crippen LogP contribution is 2.29. The van der Waals surface area contributed by atoms with Crippen molar-refractivity contribution in [3.63, 3.8) is 0 Å². The van der Waals surface area contributed by atoms with Crippen molar-refractivity contribution in [2.75, 3.05) is 6.61 Å². The highest BCUT2D eigenvalue weighted by atomic mass is 19.4. The normalized spacial score (nSPS) is 13.6. The summed E-state index contributed by atoms with van der Waals surface area (Å²) in [7, 11) is 0. The molecule has 0 radical (unpaired) electrons. The van der Waals surface area contributed by atoms with Crippen LogP contribution >= 0.6 is 0 Å². The van der Waals surface area contributed by atoms with Crippen LogP contribution in [0.5, 0.6) is 0 Å². The molecular formula is C16H19F3N2O4. The van der Waals surface area contributed by atoms with E-state index in [1.54, 1.807) is 6.92 Å². The number of halogens is 3. The van der Waals surface area contributed by atoms with E-state index >= 15 is 0 Å². The van der Waals surface area contributed by atoms with Crippen LogP contribution < -0.4 is 11.1 Å². The van der Waals surface area contributed by atoms with Crippen LogP contribution in [0.3, 0.4) is 0 Å². The predicted octanol–water partition coefficient (Wildman–Crippen LogP) is 1.88. The Kier molecular flexibility index (Phi) is 6.96. The van der Waals surface area contributed by atoms with Gasteiger partial charge in [0.25, 0.3) is 5.91 Å². The molecule has 1 aromatic carbocycles. The van der Waals surface area contributed by atoms with Gasteiger partial charge in [0.1, 0.15) is 6.04 Å². The lowest BCUT2D eigenvalue weighted by atomic mass is 9.97. The Morgan fingerprint density at radius 1 is 1.28 bits per heavy atom. The van der Waals surface area contributed by atoms with Gasteiger partial charge in [-0.25, -0.2) is 0 Å². The van der Waals surface area contributed by atoms with Crippen LogP contribution in [-0.4, -0.2) is 30.4 Å². The Morgan fingerprint density at radius 2 is 1.92 bits per heavy atom. The molecule has 6 nitrogen and oxygen atoms in total. The van der Waals surface area contributed by atoms with E-state index in [4.69, 9.17) is 10.5 Å². The van der Waals surface area contributed by atoms with Crippen molar-refractivity contribution in [2.45, 2.75) is 32.5 Å². The van der Waals surface area contributed by atoms with Crippen LogP contribution in [0.15, 0.2) is 24.3 Å². The molecule has 1 rings (SSSR count). The van der Waals surface area contributed by atoms with E-state index in [1.165, 1.54) is 13.0 Å². The molecule has 3 N–H and O–H groups in total. The molecule has 0 saturated carbocycles. The van der Waals surface area contributed by atoms with Crippen LogP contribution in [0.1, 0.15) is 36.2 Å². The number of carbonyl (C=O) groups excluding carboxylic acids is 3. The van der Waals surface area contributed by atoms with Gasteiger partial charge in [-0.3, -0.25) is 14.4 Å². The molecule has 0 spiro atoms. The van der Waals surface area contributed by atoms with Crippen molar-refractivity contribution >= 4 is 17.8 Å². The summed E-state index contributed by atoms with van der Waals surface area (Å²) in [5.74, 6) is -3.07. The van der Waals surface area contributed by atoms with Crippen molar-refractivity contribution in [3.8, 4) is 0 Å². The Balaban J connectivity index is 2.90. The Morgan fingerprint density at radius 3 is 2.44 bits per heavy atom. The average Bonchev–Trinajstić information content (AvgIpc) is 2.51. The molecule has 0 heterocycles. The molecule has 0 aliphatic rings. The molecule has 138 valence electrons. The largest absolute Gasteiger partial charge is 0.466 e. The summed E-state index contributed by atoms with van der Waals surface area (Å²) in [5.41, 5.74) is 3.96. The number of hydrogen-bond donors (Lipinski definition) is 2. The number of nitrogens with one attached hydrogen (secondary N) is 1. The van der Waals surface area contributed by atoms with Crippen molar-refractivity contribution in [1.29, 1.82) is 0 Å². The summed E-state index contributed by atoms with van der Waals surface area (Å²) >= 11 is 0. The molecule has 25 heavy (non-hydrogen) atoms. The van der Waals surface area contributed by atoms with Gasteiger partial charge in [-0.2, -0.15) is 13.2 Å². The zero-order chi connectivity index (χ0) is 19.2. The number of benzene rings is 1. The molecule has 0 aliphatic carbocycles. The molecule has 0 aromatic heterocycles. The molecule has 2 atom stereocenters. The van der Waals surface area contributed by atoms with Gasteiger partial charge in [-0.1, -0.05) is 13.0 Å². The highest BCUT2D eigenvalue weighted by molar-refractivity contribution is 5.97. The number of nitrogens with two attached hydrogens (primary N) is 1. The van der Waals surface area contributed by atoms with E-state index in [9.17, 15) is 27.6 Å². The van der Waals surface area contributed by atoms with Crippen molar-refractivity contribution in [3.05, 3.63) is 35.4 Å². The zero-order valence-electron chi connectivity index (χ0n) is 13.7. The van der Waals surface area contributed by atoms with Gasteiger partial charge in [0.05, 0.1) is 18.6 Å². The van der Waals surface area contributed by atoms with Crippen molar-refractivity contribution < 1.29 is 32.3 Å². The maximum atomic E-state index is 12.7. The van der Waals surface area contributed by atoms with Crippen LogP contribution in [0.2, 0.25) is 0 Å². The lowest BCUT2D eigenvalue weighted by Crippen LogP contribution is -2.49. The number of esters is 1. The first-order chi connectivity index (χ1) is 11.6. The third-order valence-electron chi connectivity index (χ3n) is 3.41. The Bertz CT molecular complexity index is 647. The Hall–Kier alpha value is -2.58. The molecule has 0 fully saturated rings. The minimum atomic E-state index is -4.60. The summed E-state index contributed by atoms with van der Waals surface area (Å²) < 4.78 is 42.9. The third kappa shape index (κ3) is 6.09. The van der Waals surface area contributed by atoms with Gasteiger partial charge in [-0.05, 0) is 31.0 Å². The maximum Gasteiger partial charge on any atom is 0.416 e. The van der Waals surface area contributed by atoms with Gasteiger partial charge < -0.3 is 15.8 Å². The average molecular weight is 360 g/mol. The Labute approximate surface area is 142 Å². The van der Waals surface area contributed by atoms with Crippen LogP contribution in [0.25, 0.3) is 0 Å². The molecule has 0 unspecified atom stereocenters. The number of ether oxygens (including phenoxy) is 1. The fourth-order valence-corrected chi connectivity index (χ4v) is 2.16. The molecule has 9 heteroatoms. The van der Waals surface area contributed by atoms with E-state index in [2.05, 4.69) is 5.32 Å². The lowest BCUT2D eigenvalue weighted by Gasteiger charge is -2.22. The fourth-order valence-electron chi connectivity index (χ4n) is 2.16. The third-order valence-corrected chi connectivity index (χ3v) is 3.41. The van der Waals surface area contributed by atoms with Gasteiger partial charge >= 0.3 is 12.1 Å². The molecule has 2 amide bonds. The van der Waals surface area contributed by atoms with Crippen LogP contribution in [0.4, 0.5) is 13.2 Å². The van der Waals surface area contributed by atoms with E-state index in [1.807, 2.05) is 0 Å². The first-order valence-corrected chi connectivity index (χ1v) is 7.49. The smallest absolute Gasteiger partial charge is 0.416 e. The lowest BCUT2D eigenvalue weighted by molar-refractivity contribution is -0.144. The van der Waals surface area contributed by atoms with Gasteiger partial charge in [0, 0.05) is 5.56 Å². The second-order valence-corrected chi connectivity index (χ2v) is 5.42. The molecule has 0 aliphatic heterocycles. The summed E-state index contributed by atoms with van der Waals surface area (Å²) in [4.78, 5) is 35.2. The van der Waals surface area contributed by atoms with Crippen LogP contribution in [0, 0.1) is 5.92 Å². The summed E-state index contributed by atoms with van der Waals surface area (Å²) in [6.45, 7) is 3.27. The maximum absolute atomic E-state index is 12.7. The zero-order valence-corrected chi connectivity index (χ0v) is 13.7. The van der Waals surface area contributed by atoms with Crippen LogP contribution in [-0.2, 0) is 20.5 Å². The first-order valence-electron chi connectivity index (χ1n) is 7.49. The minimum absolute atomic E-state index is 0.156. The molecule has 0 bridgehead atoms. The van der Waals surface area contributed by atoms with E-state index in [0.717, 1.165) is 12.1 Å².